The van der Waals surface area contributed by atoms with Gasteiger partial charge in [0.05, 0.1) is 12.8 Å². The van der Waals surface area contributed by atoms with Gasteiger partial charge in [0.25, 0.3) is 0 Å². The quantitative estimate of drug-likeness (QED) is 0.434. The van der Waals surface area contributed by atoms with Gasteiger partial charge in [0.15, 0.2) is 5.96 Å². The molecule has 2 aromatic rings. The molecule has 0 bridgehead atoms. The van der Waals surface area contributed by atoms with E-state index >= 15 is 0 Å². The Kier molecular flexibility index (Phi) is 7.52. The first-order valence-corrected chi connectivity index (χ1v) is 10.6. The van der Waals surface area contributed by atoms with E-state index in [1.165, 1.54) is 11.8 Å². The van der Waals surface area contributed by atoms with Crippen molar-refractivity contribution in [2.45, 2.75) is 32.3 Å². The van der Waals surface area contributed by atoms with Crippen LogP contribution in [0.3, 0.4) is 0 Å². The van der Waals surface area contributed by atoms with Gasteiger partial charge in [-0.05, 0) is 38.0 Å². The molecule has 162 valence electrons. The number of nitrogens with one attached hydrogen (secondary N) is 2. The smallest absolute Gasteiger partial charge is 0.223 e. The van der Waals surface area contributed by atoms with Gasteiger partial charge in [0.1, 0.15) is 11.4 Å². The van der Waals surface area contributed by atoms with E-state index in [-0.39, 0.29) is 18.4 Å². The summed E-state index contributed by atoms with van der Waals surface area (Å²) in [6, 6.07) is 13.7. The van der Waals surface area contributed by atoms with Crippen LogP contribution < -0.4 is 10.6 Å². The second-order valence-electron chi connectivity index (χ2n) is 7.97. The number of carbonyl (C=O) groups is 1. The summed E-state index contributed by atoms with van der Waals surface area (Å²) in [5.41, 5.74) is 0.0701. The van der Waals surface area contributed by atoms with E-state index in [2.05, 4.69) is 27.8 Å². The fraction of sp³-hybridized carbons (Fsp3) is 0.478. The van der Waals surface area contributed by atoms with Gasteiger partial charge in [-0.15, -0.1) is 0 Å². The summed E-state index contributed by atoms with van der Waals surface area (Å²) in [4.78, 5) is 18.8. The summed E-state index contributed by atoms with van der Waals surface area (Å²) in [7, 11) is 0. The predicted octanol–water partition coefficient (Wildman–Crippen LogP) is 2.13. The van der Waals surface area contributed by atoms with Crippen LogP contribution in [-0.2, 0) is 16.8 Å². The third-order valence-electron chi connectivity index (χ3n) is 5.31. The van der Waals surface area contributed by atoms with Crippen LogP contribution in [0.5, 0.6) is 0 Å². The van der Waals surface area contributed by atoms with Crippen molar-refractivity contribution < 1.29 is 14.3 Å². The number of hydrogen-bond acceptors (Lipinski definition) is 4. The van der Waals surface area contributed by atoms with Gasteiger partial charge in [-0.25, -0.2) is 4.99 Å². The van der Waals surface area contributed by atoms with Crippen molar-refractivity contribution in [1.29, 1.82) is 0 Å². The molecule has 0 saturated carbocycles. The van der Waals surface area contributed by atoms with Crippen molar-refractivity contribution >= 4 is 11.9 Å². The van der Waals surface area contributed by atoms with E-state index in [4.69, 9.17) is 4.42 Å². The Balaban J connectivity index is 1.49. The van der Waals surface area contributed by atoms with E-state index in [0.717, 1.165) is 19.5 Å². The number of guanidine groups is 1. The molecule has 3 rings (SSSR count). The Hall–Kier alpha value is -2.80. The number of benzene rings is 1. The zero-order valence-corrected chi connectivity index (χ0v) is 17.8. The molecule has 0 spiro atoms. The number of furan rings is 1. The van der Waals surface area contributed by atoms with Crippen LogP contribution in [0.2, 0.25) is 0 Å². The number of carbonyl (C=O) groups excluding carboxylic acids is 1. The number of likely N-dealkylation sites (tertiary alicyclic amines) is 1. The van der Waals surface area contributed by atoms with Crippen LogP contribution in [-0.4, -0.2) is 54.6 Å². The standard InChI is InChI=1S/C23H32N4O3/c1-3-24-22(26-17-23(2,29)20-10-7-13-30-20)25-15-19-14-21(28)27(16-19)12-11-18-8-5-4-6-9-18/h4-10,13,19,29H,3,11-12,14-17H2,1-2H3,(H2,24,25,26). The molecule has 0 radical (unpaired) electrons. The summed E-state index contributed by atoms with van der Waals surface area (Å²) in [5, 5.41) is 17.1. The third-order valence-corrected chi connectivity index (χ3v) is 5.31. The van der Waals surface area contributed by atoms with Crippen LogP contribution in [0.25, 0.3) is 0 Å². The van der Waals surface area contributed by atoms with Crippen LogP contribution in [0, 0.1) is 5.92 Å². The molecule has 3 N–H and O–H groups in total. The lowest BCUT2D eigenvalue weighted by Crippen LogP contribution is -2.41. The molecule has 2 heterocycles. The number of hydrogen-bond donors (Lipinski definition) is 3. The van der Waals surface area contributed by atoms with E-state index in [1.54, 1.807) is 19.1 Å². The lowest BCUT2D eigenvalue weighted by molar-refractivity contribution is -0.127. The number of nitrogens with zero attached hydrogens (tertiary/aromatic N) is 2. The topological polar surface area (TPSA) is 90.1 Å². The molecule has 1 aromatic heterocycles. The molecule has 1 amide bonds. The van der Waals surface area contributed by atoms with Crippen molar-refractivity contribution in [3.63, 3.8) is 0 Å². The molecule has 0 aliphatic carbocycles. The zero-order valence-electron chi connectivity index (χ0n) is 17.8. The molecule has 1 saturated heterocycles. The van der Waals surface area contributed by atoms with Crippen molar-refractivity contribution in [2.24, 2.45) is 10.9 Å². The minimum Gasteiger partial charge on any atom is -0.466 e. The third kappa shape index (κ3) is 6.10. The van der Waals surface area contributed by atoms with Crippen LogP contribution >= 0.6 is 0 Å². The summed E-state index contributed by atoms with van der Waals surface area (Å²) in [6.45, 7) is 6.71. The highest BCUT2D eigenvalue weighted by Gasteiger charge is 2.29. The van der Waals surface area contributed by atoms with Gasteiger partial charge in [-0.1, -0.05) is 30.3 Å². The number of rotatable bonds is 9. The van der Waals surface area contributed by atoms with Gasteiger partial charge in [0, 0.05) is 38.5 Å². The Morgan fingerprint density at radius 3 is 2.77 bits per heavy atom. The number of amides is 1. The fourth-order valence-electron chi connectivity index (χ4n) is 3.59. The minimum atomic E-state index is -1.18. The predicted molar refractivity (Wildman–Crippen MR) is 117 cm³/mol. The average Bonchev–Trinajstić information content (AvgIpc) is 3.40. The van der Waals surface area contributed by atoms with Crippen molar-refractivity contribution in [2.75, 3.05) is 32.7 Å². The summed E-state index contributed by atoms with van der Waals surface area (Å²) < 4.78 is 5.31. The molecule has 1 aliphatic heterocycles. The molecule has 2 unspecified atom stereocenters. The highest BCUT2D eigenvalue weighted by Crippen LogP contribution is 2.21. The SMILES string of the molecule is CCNC(=NCC(C)(O)c1ccco1)NCC1CC(=O)N(CCc2ccccc2)C1. The van der Waals surface area contributed by atoms with Gasteiger partial charge in [-0.3, -0.25) is 4.79 Å². The maximum absolute atomic E-state index is 12.4. The first-order valence-electron chi connectivity index (χ1n) is 10.6. The first-order chi connectivity index (χ1) is 14.5. The summed E-state index contributed by atoms with van der Waals surface area (Å²) in [5.74, 6) is 1.56. The maximum Gasteiger partial charge on any atom is 0.223 e. The average molecular weight is 413 g/mol. The van der Waals surface area contributed by atoms with Crippen molar-refractivity contribution in [1.82, 2.24) is 15.5 Å². The van der Waals surface area contributed by atoms with Crippen molar-refractivity contribution in [3.8, 4) is 0 Å². The highest BCUT2D eigenvalue weighted by molar-refractivity contribution is 5.81. The Morgan fingerprint density at radius 1 is 1.27 bits per heavy atom. The monoisotopic (exact) mass is 412 g/mol. The number of aliphatic imine (C=N–C) groups is 1. The van der Waals surface area contributed by atoms with Crippen LogP contribution in [0.1, 0.15) is 31.6 Å². The van der Waals surface area contributed by atoms with Gasteiger partial charge in [0.2, 0.25) is 5.91 Å². The Morgan fingerprint density at radius 2 is 2.07 bits per heavy atom. The Labute approximate surface area is 178 Å². The molecule has 30 heavy (non-hydrogen) atoms. The minimum absolute atomic E-state index is 0.169. The second-order valence-corrected chi connectivity index (χ2v) is 7.97. The number of aliphatic hydroxyl groups is 1. The molecule has 7 heteroatoms. The van der Waals surface area contributed by atoms with Crippen LogP contribution in [0.15, 0.2) is 58.1 Å². The molecular formula is C23H32N4O3. The van der Waals surface area contributed by atoms with E-state index in [0.29, 0.717) is 31.2 Å². The van der Waals surface area contributed by atoms with Gasteiger partial charge < -0.3 is 25.1 Å². The lowest BCUT2D eigenvalue weighted by Gasteiger charge is -2.20. The fourth-order valence-corrected chi connectivity index (χ4v) is 3.59. The summed E-state index contributed by atoms with van der Waals surface area (Å²) in [6.07, 6.45) is 2.96. The molecule has 1 aliphatic rings. The highest BCUT2D eigenvalue weighted by atomic mass is 16.4. The van der Waals surface area contributed by atoms with E-state index in [9.17, 15) is 9.90 Å². The molecule has 2 atom stereocenters. The lowest BCUT2D eigenvalue weighted by atomic mass is 10.0. The molecule has 1 aromatic carbocycles. The largest absolute Gasteiger partial charge is 0.466 e. The normalized spacial score (nSPS) is 19.0. The maximum atomic E-state index is 12.4. The van der Waals surface area contributed by atoms with Crippen LogP contribution in [0.4, 0.5) is 0 Å². The van der Waals surface area contributed by atoms with Gasteiger partial charge in [-0.2, -0.15) is 0 Å². The second kappa shape index (κ2) is 10.3. The first kappa shape index (κ1) is 21.9. The Bertz CT molecular complexity index is 818. The van der Waals surface area contributed by atoms with E-state index in [1.807, 2.05) is 30.0 Å². The summed E-state index contributed by atoms with van der Waals surface area (Å²) >= 11 is 0. The molecular weight excluding hydrogens is 380 g/mol. The van der Waals surface area contributed by atoms with Gasteiger partial charge >= 0.3 is 0 Å². The van der Waals surface area contributed by atoms with E-state index < -0.39 is 5.60 Å². The molecule has 7 nitrogen and oxygen atoms in total. The van der Waals surface area contributed by atoms with Crippen molar-refractivity contribution in [3.05, 3.63) is 60.1 Å². The molecule has 1 fully saturated rings. The zero-order chi connectivity index (χ0) is 21.4.